The van der Waals surface area contributed by atoms with Crippen LogP contribution in [-0.4, -0.2) is 73.5 Å². The lowest BCUT2D eigenvalue weighted by Crippen LogP contribution is -2.60. The molecule has 45 heavy (non-hydrogen) atoms. The summed E-state index contributed by atoms with van der Waals surface area (Å²) >= 11 is -1.21. The van der Waals surface area contributed by atoms with Crippen LogP contribution >= 0.6 is 0 Å². The largest absolute Gasteiger partial charge is 0.598 e. The standard InChI is InChI=1S/C33H49N5O6S/c1-20(2)29(30(39)34-23(5)31(40)38-17-9-10-27(36-38)32(41)42)44-19-21(3)11-12-24-13-14-25-15-16-26(35-28(25)18-24)22(4)37-45(43)33(6,7)8/h11-16,18,20-23,27,29,36-37H,9-10,17,19H2,1-8H3,(H,34,39)(H,41,42)/b12-11+/t21?,22-,23?,27?,29?,45-/m1/s1. The quantitative estimate of drug-likeness (QED) is 0.236. The average molecular weight is 644 g/mol. The topological polar surface area (TPSA) is 156 Å². The predicted molar refractivity (Wildman–Crippen MR) is 177 cm³/mol. The number of nitrogens with one attached hydrogen (secondary N) is 3. The second kappa shape index (κ2) is 16.0. The number of carboxylic acids is 1. The number of rotatable bonds is 13. The predicted octanol–water partition coefficient (Wildman–Crippen LogP) is 4.12. The molecule has 1 aromatic carbocycles. The molecule has 1 fully saturated rings. The molecule has 0 radical (unpaired) electrons. The minimum atomic E-state index is -1.21. The molecule has 11 nitrogen and oxygen atoms in total. The minimum absolute atomic E-state index is 0.00445. The van der Waals surface area contributed by atoms with Gasteiger partial charge in [0.15, 0.2) is 0 Å². The van der Waals surface area contributed by atoms with E-state index < -0.39 is 41.4 Å². The Hall–Kier alpha value is -3.03. The van der Waals surface area contributed by atoms with E-state index in [2.05, 4.69) is 15.5 Å². The molecule has 0 bridgehead atoms. The van der Waals surface area contributed by atoms with Crippen molar-refractivity contribution in [3.63, 3.8) is 0 Å². The van der Waals surface area contributed by atoms with Crippen molar-refractivity contribution >= 4 is 46.1 Å². The van der Waals surface area contributed by atoms with Crippen molar-refractivity contribution in [3.8, 4) is 0 Å². The fraction of sp³-hybridized carbons (Fsp3) is 0.576. The smallest absolute Gasteiger partial charge is 0.322 e. The number of hydrogen-bond donors (Lipinski definition) is 4. The third-order valence-electron chi connectivity index (χ3n) is 7.52. The Morgan fingerprint density at radius 2 is 1.87 bits per heavy atom. The summed E-state index contributed by atoms with van der Waals surface area (Å²) in [4.78, 5) is 42.1. The van der Waals surface area contributed by atoms with E-state index in [9.17, 15) is 24.0 Å². The number of aromatic nitrogens is 1. The molecule has 2 aromatic rings. The molecular weight excluding hydrogens is 594 g/mol. The molecule has 2 heterocycles. The van der Waals surface area contributed by atoms with Crippen molar-refractivity contribution in [2.24, 2.45) is 11.8 Å². The monoisotopic (exact) mass is 643 g/mol. The number of carboxylic acid groups (broad SMARTS) is 1. The zero-order valence-corrected chi connectivity index (χ0v) is 28.4. The lowest BCUT2D eigenvalue weighted by molar-refractivity contribution is -0.149. The normalized spacial score (nSPS) is 19.3. The van der Waals surface area contributed by atoms with E-state index in [1.165, 1.54) is 5.01 Å². The number of carbonyl (C=O) groups excluding carboxylic acids is 2. The van der Waals surface area contributed by atoms with Crippen molar-refractivity contribution in [1.82, 2.24) is 25.5 Å². The van der Waals surface area contributed by atoms with E-state index in [1.807, 2.05) is 91.0 Å². The minimum Gasteiger partial charge on any atom is -0.598 e. The second-order valence-electron chi connectivity index (χ2n) is 13.1. The zero-order chi connectivity index (χ0) is 33.5. The van der Waals surface area contributed by atoms with Crippen LogP contribution in [0.3, 0.4) is 0 Å². The van der Waals surface area contributed by atoms with E-state index >= 15 is 0 Å². The lowest BCUT2D eigenvalue weighted by Gasteiger charge is -2.34. The fourth-order valence-electron chi connectivity index (χ4n) is 4.76. The Balaban J connectivity index is 1.58. The van der Waals surface area contributed by atoms with Crippen molar-refractivity contribution < 1.29 is 28.8 Å². The summed E-state index contributed by atoms with van der Waals surface area (Å²) in [5.74, 6) is -1.93. The molecule has 0 saturated carbocycles. The van der Waals surface area contributed by atoms with Gasteiger partial charge in [-0.25, -0.2) is 5.43 Å². The van der Waals surface area contributed by atoms with Crippen LogP contribution in [0, 0.1) is 11.8 Å². The summed E-state index contributed by atoms with van der Waals surface area (Å²) in [7, 11) is 0. The van der Waals surface area contributed by atoms with Crippen molar-refractivity contribution in [2.75, 3.05) is 13.2 Å². The summed E-state index contributed by atoms with van der Waals surface area (Å²) in [6.45, 7) is 15.8. The second-order valence-corrected chi connectivity index (χ2v) is 15.1. The molecule has 3 rings (SSSR count). The number of pyridine rings is 1. The number of carbonyl (C=O) groups is 3. The summed E-state index contributed by atoms with van der Waals surface area (Å²) in [6, 6.07) is 8.16. The maximum absolute atomic E-state index is 13.1. The van der Waals surface area contributed by atoms with Crippen LogP contribution < -0.4 is 15.5 Å². The van der Waals surface area contributed by atoms with Crippen LogP contribution in [0.5, 0.6) is 0 Å². The van der Waals surface area contributed by atoms with E-state index in [1.54, 1.807) is 6.92 Å². The first kappa shape index (κ1) is 36.4. The molecule has 1 aliphatic rings. The van der Waals surface area contributed by atoms with Crippen molar-refractivity contribution in [1.29, 1.82) is 0 Å². The molecule has 1 aliphatic heterocycles. The van der Waals surface area contributed by atoms with Crippen molar-refractivity contribution in [2.45, 2.75) is 97.2 Å². The number of nitrogens with zero attached hydrogens (tertiary/aromatic N) is 2. The molecule has 1 aromatic heterocycles. The molecule has 0 spiro atoms. The number of hydrazine groups is 1. The molecular formula is C33H49N5O6S. The summed E-state index contributed by atoms with van der Waals surface area (Å²) in [5.41, 5.74) is 5.36. The Kier molecular flexibility index (Phi) is 13.0. The maximum Gasteiger partial charge on any atom is 0.322 e. The van der Waals surface area contributed by atoms with Gasteiger partial charge in [0.2, 0.25) is 5.91 Å². The van der Waals surface area contributed by atoms with Crippen LogP contribution in [-0.2, 0) is 30.5 Å². The number of fused-ring (bicyclic) bond motifs is 1. The number of benzene rings is 1. The number of hydrogen-bond acceptors (Lipinski definition) is 8. The molecule has 248 valence electrons. The molecule has 4 N–H and O–H groups in total. The van der Waals surface area contributed by atoms with Crippen LogP contribution in [0.4, 0.5) is 0 Å². The highest BCUT2D eigenvalue weighted by atomic mass is 32.2. The van der Waals surface area contributed by atoms with Gasteiger partial charge in [-0.05, 0) is 77.0 Å². The van der Waals surface area contributed by atoms with Crippen molar-refractivity contribution in [3.05, 3.63) is 47.7 Å². The molecule has 0 aliphatic carbocycles. The molecule has 1 saturated heterocycles. The van der Waals surface area contributed by atoms with Crippen LogP contribution in [0.15, 0.2) is 36.4 Å². The van der Waals surface area contributed by atoms with Crippen LogP contribution in [0.25, 0.3) is 17.0 Å². The van der Waals surface area contributed by atoms with Gasteiger partial charge in [-0.1, -0.05) is 51.1 Å². The van der Waals surface area contributed by atoms with Gasteiger partial charge in [0, 0.05) is 23.3 Å². The number of aliphatic carboxylic acids is 1. The van der Waals surface area contributed by atoms with E-state index in [0.717, 1.165) is 22.2 Å². The number of amides is 2. The van der Waals surface area contributed by atoms with Gasteiger partial charge < -0.3 is 19.7 Å². The first-order valence-electron chi connectivity index (χ1n) is 15.6. The van der Waals surface area contributed by atoms with E-state index in [4.69, 9.17) is 9.72 Å². The van der Waals surface area contributed by atoms with Crippen LogP contribution in [0.1, 0.15) is 85.5 Å². The Labute approximate surface area is 269 Å². The van der Waals surface area contributed by atoms with Gasteiger partial charge in [-0.3, -0.25) is 24.4 Å². The summed E-state index contributed by atoms with van der Waals surface area (Å²) in [5, 5.41) is 14.3. The van der Waals surface area contributed by atoms with E-state index in [0.29, 0.717) is 26.0 Å². The first-order valence-corrected chi connectivity index (χ1v) is 16.7. The zero-order valence-electron chi connectivity index (χ0n) is 27.6. The Bertz CT molecular complexity index is 1360. The highest BCUT2D eigenvalue weighted by Crippen LogP contribution is 2.22. The van der Waals surface area contributed by atoms with Gasteiger partial charge in [0.1, 0.15) is 22.9 Å². The fourth-order valence-corrected chi connectivity index (χ4v) is 5.56. The molecule has 6 atom stereocenters. The Morgan fingerprint density at radius 1 is 1.18 bits per heavy atom. The highest BCUT2D eigenvalue weighted by molar-refractivity contribution is 7.90. The summed E-state index contributed by atoms with van der Waals surface area (Å²) in [6.07, 6.45) is 4.26. The van der Waals surface area contributed by atoms with Crippen LogP contribution in [0.2, 0.25) is 0 Å². The third-order valence-corrected chi connectivity index (χ3v) is 9.20. The number of ether oxygens (including phenoxy) is 1. The van der Waals surface area contributed by atoms with Gasteiger partial charge in [0.05, 0.1) is 23.9 Å². The highest BCUT2D eigenvalue weighted by Gasteiger charge is 2.32. The van der Waals surface area contributed by atoms with Gasteiger partial charge in [0.25, 0.3) is 5.91 Å². The SMILES string of the molecule is CC(/C=C/c1ccc2ccc([C@@H](C)N[S@+]([O-])C(C)(C)C)nc2c1)COC(C(=O)NC(C)C(=O)N1CCCC(C(=O)O)N1)C(C)C. The first-order chi connectivity index (χ1) is 21.1. The molecule has 4 unspecified atom stereocenters. The molecule has 2 amide bonds. The summed E-state index contributed by atoms with van der Waals surface area (Å²) < 4.78 is 21.3. The van der Waals surface area contributed by atoms with Gasteiger partial charge in [-0.2, -0.15) is 0 Å². The van der Waals surface area contributed by atoms with E-state index in [-0.39, 0.29) is 28.5 Å². The average Bonchev–Trinajstić information content (AvgIpc) is 2.98. The molecule has 12 heteroatoms. The van der Waals surface area contributed by atoms with Gasteiger partial charge >= 0.3 is 5.97 Å². The van der Waals surface area contributed by atoms with Gasteiger partial charge in [-0.15, -0.1) is 4.72 Å². The Morgan fingerprint density at radius 3 is 2.51 bits per heavy atom. The lowest BCUT2D eigenvalue weighted by atomic mass is 10.0. The third kappa shape index (κ3) is 10.5. The maximum atomic E-state index is 13.1.